The highest BCUT2D eigenvalue weighted by atomic mass is 32.2. The Balaban J connectivity index is 1.51. The third kappa shape index (κ3) is 1.70. The second-order valence-electron chi connectivity index (χ2n) is 7.25. The molecule has 1 heterocycles. The Morgan fingerprint density at radius 1 is 1.13 bits per heavy atom. The molecule has 0 amide bonds. The van der Waals surface area contributed by atoms with Crippen LogP contribution in [-0.2, 0) is 10.0 Å². The lowest BCUT2D eigenvalue weighted by Gasteiger charge is -2.35. The summed E-state index contributed by atoms with van der Waals surface area (Å²) < 4.78 is 27.3. The van der Waals surface area contributed by atoms with Crippen molar-refractivity contribution in [3.8, 4) is 0 Å². The molecule has 5 nitrogen and oxygen atoms in total. The van der Waals surface area contributed by atoms with E-state index in [1.165, 1.54) is 4.41 Å². The summed E-state index contributed by atoms with van der Waals surface area (Å²) in [6, 6.07) is 6.96. The van der Waals surface area contributed by atoms with E-state index in [9.17, 15) is 8.42 Å². The molecule has 120 valence electrons. The average molecular weight is 329 g/mol. The summed E-state index contributed by atoms with van der Waals surface area (Å²) in [4.78, 5) is 0.312. The van der Waals surface area contributed by atoms with Gasteiger partial charge in [0.2, 0.25) is 0 Å². The average Bonchev–Trinajstić information content (AvgIpc) is 3.25. The standard InChI is InChI=1S/C17H19N3O2S/c1-10-5-7-11(8-6-10)23(21,22)20-17-15-9-14(16(17)18-19-20)12-3-2-4-13(12)15/h2-3,5-8,12-17H,4,9H2,1H3. The van der Waals surface area contributed by atoms with Gasteiger partial charge >= 0.3 is 0 Å². The van der Waals surface area contributed by atoms with Gasteiger partial charge in [-0.3, -0.25) is 0 Å². The number of aryl methyl sites for hydroxylation is 1. The second-order valence-corrected chi connectivity index (χ2v) is 9.04. The van der Waals surface area contributed by atoms with Crippen LogP contribution in [0.25, 0.3) is 0 Å². The molecule has 1 aromatic carbocycles. The van der Waals surface area contributed by atoms with Crippen molar-refractivity contribution in [1.29, 1.82) is 0 Å². The molecule has 4 aliphatic rings. The first-order valence-electron chi connectivity index (χ1n) is 8.26. The van der Waals surface area contributed by atoms with Crippen LogP contribution in [-0.4, -0.2) is 24.9 Å². The van der Waals surface area contributed by atoms with Gasteiger partial charge in [-0.05, 0) is 55.6 Å². The van der Waals surface area contributed by atoms with Gasteiger partial charge in [0.25, 0.3) is 10.0 Å². The van der Waals surface area contributed by atoms with Gasteiger partial charge in [-0.15, -0.1) is 0 Å². The van der Waals surface area contributed by atoms with Crippen molar-refractivity contribution in [2.75, 3.05) is 0 Å². The lowest BCUT2D eigenvalue weighted by Crippen LogP contribution is -2.46. The summed E-state index contributed by atoms with van der Waals surface area (Å²) in [5.74, 6) is 2.03. The Labute approximate surface area is 136 Å². The molecule has 6 atom stereocenters. The second kappa shape index (κ2) is 4.44. The molecule has 3 aliphatic carbocycles. The van der Waals surface area contributed by atoms with Crippen molar-refractivity contribution in [2.24, 2.45) is 34.0 Å². The summed E-state index contributed by atoms with van der Waals surface area (Å²) in [7, 11) is -3.61. The molecule has 5 rings (SSSR count). The molecule has 0 spiro atoms. The largest absolute Gasteiger partial charge is 0.280 e. The van der Waals surface area contributed by atoms with Crippen molar-refractivity contribution in [2.45, 2.75) is 36.7 Å². The van der Waals surface area contributed by atoms with Crippen LogP contribution in [0.1, 0.15) is 18.4 Å². The van der Waals surface area contributed by atoms with Crippen LogP contribution >= 0.6 is 0 Å². The summed E-state index contributed by atoms with van der Waals surface area (Å²) in [5, 5.41) is 8.47. The maximum absolute atomic E-state index is 13.0. The van der Waals surface area contributed by atoms with Crippen molar-refractivity contribution in [1.82, 2.24) is 4.41 Å². The molecule has 2 fully saturated rings. The highest BCUT2D eigenvalue weighted by molar-refractivity contribution is 7.89. The topological polar surface area (TPSA) is 62.1 Å². The van der Waals surface area contributed by atoms with Crippen molar-refractivity contribution in [3.63, 3.8) is 0 Å². The van der Waals surface area contributed by atoms with E-state index >= 15 is 0 Å². The molecular weight excluding hydrogens is 310 g/mol. The zero-order chi connectivity index (χ0) is 15.8. The fraction of sp³-hybridized carbons (Fsp3) is 0.529. The number of benzene rings is 1. The Morgan fingerprint density at radius 3 is 2.70 bits per heavy atom. The first kappa shape index (κ1) is 13.7. The summed E-state index contributed by atoms with van der Waals surface area (Å²) in [6.45, 7) is 1.95. The number of nitrogens with zero attached hydrogens (tertiary/aromatic N) is 3. The van der Waals surface area contributed by atoms with Gasteiger partial charge in [0.15, 0.2) is 0 Å². The van der Waals surface area contributed by atoms with E-state index < -0.39 is 10.0 Å². The van der Waals surface area contributed by atoms with E-state index in [0.717, 1.165) is 18.4 Å². The normalized spacial score (nSPS) is 40.0. The van der Waals surface area contributed by atoms with E-state index in [1.54, 1.807) is 12.1 Å². The van der Waals surface area contributed by atoms with Gasteiger partial charge < -0.3 is 0 Å². The number of sulfonamides is 1. The SMILES string of the molecule is Cc1ccc(S(=O)(=O)N2N=NC3C4CC(C5CC=CC54)C32)cc1. The van der Waals surface area contributed by atoms with E-state index in [2.05, 4.69) is 22.5 Å². The predicted molar refractivity (Wildman–Crippen MR) is 85.0 cm³/mol. The quantitative estimate of drug-likeness (QED) is 0.783. The van der Waals surface area contributed by atoms with Crippen molar-refractivity contribution < 1.29 is 8.42 Å². The Morgan fingerprint density at radius 2 is 1.91 bits per heavy atom. The van der Waals surface area contributed by atoms with Crippen LogP contribution in [0.2, 0.25) is 0 Å². The highest BCUT2D eigenvalue weighted by Gasteiger charge is 2.63. The monoisotopic (exact) mass is 329 g/mol. The van der Waals surface area contributed by atoms with Gasteiger partial charge in [0.05, 0.1) is 17.0 Å². The van der Waals surface area contributed by atoms with Crippen LogP contribution in [0.3, 0.4) is 0 Å². The van der Waals surface area contributed by atoms with E-state index in [-0.39, 0.29) is 12.1 Å². The molecule has 1 aliphatic heterocycles. The molecule has 1 aromatic rings. The third-order valence-corrected chi connectivity index (χ3v) is 7.85. The maximum Gasteiger partial charge on any atom is 0.280 e. The number of hydrogen-bond acceptors (Lipinski definition) is 4. The minimum atomic E-state index is -3.61. The van der Waals surface area contributed by atoms with Crippen LogP contribution in [0.15, 0.2) is 51.7 Å². The summed E-state index contributed by atoms with van der Waals surface area (Å²) >= 11 is 0. The smallest absolute Gasteiger partial charge is 0.200 e. The maximum atomic E-state index is 13.0. The summed E-state index contributed by atoms with van der Waals surface area (Å²) in [6.07, 6.45) is 6.74. The molecule has 0 radical (unpaired) electrons. The Hall–Kier alpha value is -1.69. The molecule has 23 heavy (non-hydrogen) atoms. The molecule has 2 saturated carbocycles. The number of fused-ring (bicyclic) bond motifs is 8. The van der Waals surface area contributed by atoms with Gasteiger partial charge in [0, 0.05) is 0 Å². The van der Waals surface area contributed by atoms with Crippen LogP contribution in [0, 0.1) is 30.6 Å². The summed E-state index contributed by atoms with van der Waals surface area (Å²) in [5.41, 5.74) is 1.05. The molecule has 0 saturated heterocycles. The van der Waals surface area contributed by atoms with Gasteiger partial charge in [-0.1, -0.05) is 35.1 Å². The number of hydrogen-bond donors (Lipinski definition) is 0. The number of rotatable bonds is 2. The Bertz CT molecular complexity index is 815. The van der Waals surface area contributed by atoms with Crippen LogP contribution in [0.4, 0.5) is 0 Å². The van der Waals surface area contributed by atoms with Crippen LogP contribution in [0.5, 0.6) is 0 Å². The van der Waals surface area contributed by atoms with Crippen LogP contribution < -0.4 is 0 Å². The number of allylic oxidation sites excluding steroid dienone is 2. The molecule has 0 N–H and O–H groups in total. The fourth-order valence-corrected chi connectivity index (χ4v) is 6.61. The zero-order valence-corrected chi connectivity index (χ0v) is 13.7. The van der Waals surface area contributed by atoms with Gasteiger partial charge in [-0.25, -0.2) is 0 Å². The lowest BCUT2D eigenvalue weighted by molar-refractivity contribution is 0.177. The van der Waals surface area contributed by atoms with Gasteiger partial charge in [0.1, 0.15) is 0 Å². The Kier molecular flexibility index (Phi) is 2.65. The molecular formula is C17H19N3O2S. The minimum absolute atomic E-state index is 0.0456. The fourth-order valence-electron chi connectivity index (χ4n) is 5.17. The van der Waals surface area contributed by atoms with E-state index in [4.69, 9.17) is 0 Å². The van der Waals surface area contributed by atoms with Gasteiger partial charge in [-0.2, -0.15) is 17.9 Å². The van der Waals surface area contributed by atoms with Crippen molar-refractivity contribution in [3.05, 3.63) is 42.0 Å². The third-order valence-electron chi connectivity index (χ3n) is 6.17. The van der Waals surface area contributed by atoms with E-state index in [1.807, 2.05) is 19.1 Å². The molecule has 6 unspecified atom stereocenters. The molecule has 0 aromatic heterocycles. The van der Waals surface area contributed by atoms with Crippen molar-refractivity contribution >= 4 is 10.0 Å². The first-order valence-corrected chi connectivity index (χ1v) is 9.70. The van der Waals surface area contributed by atoms with E-state index in [0.29, 0.717) is 28.6 Å². The molecule has 2 bridgehead atoms. The predicted octanol–water partition coefficient (Wildman–Crippen LogP) is 2.95. The first-order chi connectivity index (χ1) is 11.1. The lowest BCUT2D eigenvalue weighted by atomic mass is 9.77. The highest BCUT2D eigenvalue weighted by Crippen LogP contribution is 2.60. The zero-order valence-electron chi connectivity index (χ0n) is 12.9. The molecule has 6 heteroatoms. The minimum Gasteiger partial charge on any atom is -0.200 e.